The van der Waals surface area contributed by atoms with Crippen LogP contribution in [0.1, 0.15) is 11.1 Å². The summed E-state index contributed by atoms with van der Waals surface area (Å²) in [5.41, 5.74) is -0.852. The quantitative estimate of drug-likeness (QED) is 0.518. The molecule has 178 valence electrons. The highest BCUT2D eigenvalue weighted by molar-refractivity contribution is 7.92. The molecular formula is C23H18ClF3N2O4S. The number of benzene rings is 3. The van der Waals surface area contributed by atoms with Crippen LogP contribution in [0.25, 0.3) is 0 Å². The number of hydrogen-bond donors (Lipinski definition) is 1. The van der Waals surface area contributed by atoms with Gasteiger partial charge in [0.15, 0.2) is 6.10 Å². The largest absolute Gasteiger partial charge is 0.476 e. The first-order valence-corrected chi connectivity index (χ1v) is 12.0. The molecule has 1 N–H and O–H groups in total. The van der Waals surface area contributed by atoms with Crippen molar-refractivity contribution in [3.63, 3.8) is 0 Å². The van der Waals surface area contributed by atoms with Gasteiger partial charge in [0.05, 0.1) is 29.2 Å². The normalized spacial score (nSPS) is 15.9. The average molecular weight is 511 g/mol. The average Bonchev–Trinajstić information content (AvgIpc) is 2.79. The van der Waals surface area contributed by atoms with E-state index in [1.165, 1.54) is 18.2 Å². The summed E-state index contributed by atoms with van der Waals surface area (Å²) in [5, 5.41) is 2.06. The smallest absolute Gasteiger partial charge is 0.418 e. The van der Waals surface area contributed by atoms with Crippen molar-refractivity contribution >= 4 is 38.9 Å². The first kappa shape index (κ1) is 23.9. The van der Waals surface area contributed by atoms with Crippen molar-refractivity contribution in [3.8, 4) is 5.75 Å². The molecular weight excluding hydrogens is 493 g/mol. The molecule has 0 spiro atoms. The Kier molecular flexibility index (Phi) is 6.46. The van der Waals surface area contributed by atoms with Crippen LogP contribution in [0.3, 0.4) is 0 Å². The van der Waals surface area contributed by atoms with E-state index in [4.69, 9.17) is 16.3 Å². The van der Waals surface area contributed by atoms with Gasteiger partial charge in [-0.2, -0.15) is 13.2 Å². The Morgan fingerprint density at radius 1 is 1.06 bits per heavy atom. The molecule has 3 aromatic rings. The van der Waals surface area contributed by atoms with Crippen LogP contribution in [-0.4, -0.2) is 27.0 Å². The van der Waals surface area contributed by atoms with E-state index in [1.54, 1.807) is 42.5 Å². The van der Waals surface area contributed by atoms with E-state index in [1.807, 2.05) is 0 Å². The van der Waals surface area contributed by atoms with Crippen LogP contribution in [0.4, 0.5) is 24.5 Å². The predicted molar refractivity (Wildman–Crippen MR) is 122 cm³/mol. The molecule has 6 nitrogen and oxygen atoms in total. The summed E-state index contributed by atoms with van der Waals surface area (Å²) < 4.78 is 73.4. The zero-order valence-corrected chi connectivity index (χ0v) is 19.0. The molecule has 3 aromatic carbocycles. The summed E-state index contributed by atoms with van der Waals surface area (Å²) >= 11 is 5.69. The fraction of sp³-hybridized carbons (Fsp3) is 0.174. The number of para-hydroxylation sites is 2. The lowest BCUT2D eigenvalue weighted by Crippen LogP contribution is -2.49. The maximum Gasteiger partial charge on any atom is 0.418 e. The molecule has 11 heteroatoms. The number of hydrogen-bond acceptors (Lipinski definition) is 4. The third-order valence-corrected chi connectivity index (χ3v) is 7.05. The number of sulfonamides is 1. The van der Waals surface area contributed by atoms with Gasteiger partial charge in [-0.15, -0.1) is 0 Å². The predicted octanol–water partition coefficient (Wildman–Crippen LogP) is 5.09. The third kappa shape index (κ3) is 5.13. The molecule has 1 heterocycles. The number of amides is 1. The molecule has 0 aromatic heterocycles. The molecule has 34 heavy (non-hydrogen) atoms. The molecule has 1 aliphatic rings. The number of fused-ring (bicyclic) bond motifs is 1. The van der Waals surface area contributed by atoms with Crippen LogP contribution in [0.5, 0.6) is 5.75 Å². The fourth-order valence-corrected chi connectivity index (χ4v) is 5.29. The maximum absolute atomic E-state index is 13.4. The number of carbonyl (C=O) groups is 1. The highest BCUT2D eigenvalue weighted by atomic mass is 35.5. The van der Waals surface area contributed by atoms with Crippen molar-refractivity contribution in [2.45, 2.75) is 18.0 Å². The second kappa shape index (κ2) is 9.19. The van der Waals surface area contributed by atoms with Crippen molar-refractivity contribution in [2.24, 2.45) is 0 Å². The molecule has 1 atom stereocenters. The molecule has 0 saturated carbocycles. The molecule has 0 saturated heterocycles. The minimum atomic E-state index is -4.77. The van der Waals surface area contributed by atoms with E-state index in [-0.39, 0.29) is 22.2 Å². The third-order valence-electron chi connectivity index (χ3n) is 5.10. The van der Waals surface area contributed by atoms with Crippen molar-refractivity contribution < 1.29 is 31.1 Å². The van der Waals surface area contributed by atoms with E-state index in [0.717, 1.165) is 10.4 Å². The van der Waals surface area contributed by atoms with Gasteiger partial charge in [0.1, 0.15) is 5.75 Å². The molecule has 0 fully saturated rings. The Hall–Kier alpha value is -3.24. The van der Waals surface area contributed by atoms with E-state index >= 15 is 0 Å². The van der Waals surface area contributed by atoms with Crippen LogP contribution in [0.2, 0.25) is 5.02 Å². The van der Waals surface area contributed by atoms with Crippen molar-refractivity contribution in [2.75, 3.05) is 16.2 Å². The molecule has 0 aliphatic carbocycles. The minimum absolute atomic E-state index is 0.123. The highest BCUT2D eigenvalue weighted by Gasteiger charge is 2.38. The summed E-state index contributed by atoms with van der Waals surface area (Å²) in [5.74, 6) is -1.13. The first-order valence-electron chi connectivity index (χ1n) is 10.0. The number of carbonyl (C=O) groups excluding carboxylic acids is 1. The summed E-state index contributed by atoms with van der Waals surface area (Å²) in [4.78, 5) is 12.9. The molecule has 1 aliphatic heterocycles. The van der Waals surface area contributed by atoms with Gasteiger partial charge in [-0.3, -0.25) is 9.10 Å². The van der Waals surface area contributed by atoms with Gasteiger partial charge in [-0.25, -0.2) is 8.42 Å². The van der Waals surface area contributed by atoms with Crippen molar-refractivity contribution in [1.29, 1.82) is 0 Å². The lowest BCUT2D eigenvalue weighted by molar-refractivity contribution is -0.137. The minimum Gasteiger partial charge on any atom is -0.476 e. The van der Waals surface area contributed by atoms with E-state index in [2.05, 4.69) is 5.32 Å². The number of nitrogens with one attached hydrogen (secondary N) is 1. The number of nitrogens with zero attached hydrogens (tertiary/aromatic N) is 1. The first-order chi connectivity index (χ1) is 16.0. The number of rotatable bonds is 5. The Balaban J connectivity index is 1.63. The Morgan fingerprint density at radius 2 is 1.74 bits per heavy atom. The lowest BCUT2D eigenvalue weighted by atomic mass is 10.1. The molecule has 0 bridgehead atoms. The molecule has 1 amide bonds. The van der Waals surface area contributed by atoms with Gasteiger partial charge in [0.25, 0.3) is 5.91 Å². The summed E-state index contributed by atoms with van der Waals surface area (Å²) in [6.45, 7) is -0.410. The van der Waals surface area contributed by atoms with Crippen LogP contribution in [0.15, 0.2) is 72.8 Å². The highest BCUT2D eigenvalue weighted by Crippen LogP contribution is 2.38. The van der Waals surface area contributed by atoms with Crippen LogP contribution < -0.4 is 14.4 Å². The fourth-order valence-electron chi connectivity index (χ4n) is 3.54. The van der Waals surface area contributed by atoms with Gasteiger partial charge in [0.2, 0.25) is 10.0 Å². The van der Waals surface area contributed by atoms with Crippen molar-refractivity contribution in [3.05, 3.63) is 88.9 Å². The van der Waals surface area contributed by atoms with Crippen LogP contribution in [-0.2, 0) is 26.7 Å². The Bertz CT molecular complexity index is 1320. The van der Waals surface area contributed by atoms with E-state index < -0.39 is 46.0 Å². The van der Waals surface area contributed by atoms with Crippen LogP contribution >= 0.6 is 11.6 Å². The SMILES string of the molecule is O=C(Nc1ccc(Cl)cc1C(F)(F)F)[C@H]1CN(S(=O)(=O)Cc2ccccc2)c2ccccc2O1. The topological polar surface area (TPSA) is 75.7 Å². The summed E-state index contributed by atoms with van der Waals surface area (Å²) in [7, 11) is -3.95. The number of alkyl halides is 3. The zero-order chi connectivity index (χ0) is 24.5. The van der Waals surface area contributed by atoms with E-state index in [9.17, 15) is 26.4 Å². The van der Waals surface area contributed by atoms with Crippen molar-refractivity contribution in [1.82, 2.24) is 0 Å². The van der Waals surface area contributed by atoms with Gasteiger partial charge >= 0.3 is 6.18 Å². The Labute approximate surface area is 199 Å². The monoisotopic (exact) mass is 510 g/mol. The van der Waals surface area contributed by atoms with Gasteiger partial charge < -0.3 is 10.1 Å². The number of halogens is 4. The zero-order valence-electron chi connectivity index (χ0n) is 17.4. The Morgan fingerprint density at radius 3 is 2.44 bits per heavy atom. The molecule has 0 unspecified atom stereocenters. The molecule has 4 rings (SSSR count). The summed E-state index contributed by atoms with van der Waals surface area (Å²) in [6, 6.07) is 17.7. The number of ether oxygens (including phenoxy) is 1. The number of anilines is 2. The van der Waals surface area contributed by atoms with Crippen LogP contribution in [0, 0.1) is 0 Å². The van der Waals surface area contributed by atoms with Gasteiger partial charge in [-0.1, -0.05) is 54.1 Å². The standard InChI is InChI=1S/C23H18ClF3N2O4S/c24-16-10-11-18(17(12-16)23(25,26)27)28-22(30)21-13-29(19-8-4-5-9-20(19)33-21)34(31,32)14-15-6-2-1-3-7-15/h1-12,21H,13-14H2,(H,28,30)/t21-/m1/s1. The van der Waals surface area contributed by atoms with E-state index in [0.29, 0.717) is 11.6 Å². The maximum atomic E-state index is 13.4. The molecule has 0 radical (unpaired) electrons. The van der Waals surface area contributed by atoms with Gasteiger partial charge in [0, 0.05) is 5.02 Å². The second-order valence-corrected chi connectivity index (χ2v) is 9.85. The lowest BCUT2D eigenvalue weighted by Gasteiger charge is -2.34. The van der Waals surface area contributed by atoms with Gasteiger partial charge in [-0.05, 0) is 35.9 Å². The summed E-state index contributed by atoms with van der Waals surface area (Å²) in [6.07, 6.45) is -6.16. The second-order valence-electron chi connectivity index (χ2n) is 7.52.